The third-order valence-corrected chi connectivity index (χ3v) is 4.57. The highest BCUT2D eigenvalue weighted by molar-refractivity contribution is 7.91. The van der Waals surface area contributed by atoms with E-state index in [1.54, 1.807) is 0 Å². The summed E-state index contributed by atoms with van der Waals surface area (Å²) in [6.07, 6.45) is -4.78. The highest BCUT2D eigenvalue weighted by Gasteiger charge is 2.37. The number of methoxy groups -OCH3 is 1. The smallest absolute Gasteiger partial charge is 0.417 e. The van der Waals surface area contributed by atoms with Gasteiger partial charge in [-0.15, -0.1) is 0 Å². The molecule has 0 spiro atoms. The standard InChI is InChI=1S/C12H13F3O4S/c1-8(11(16)19-2)7-20(17,18)10-6-4-3-5-9(10)12(13,14)15/h3-6,8H,7H2,1-2H3. The molecule has 112 valence electrons. The topological polar surface area (TPSA) is 60.4 Å². The van der Waals surface area contributed by atoms with E-state index < -0.39 is 44.1 Å². The number of esters is 1. The number of halogens is 3. The average Bonchev–Trinajstić information content (AvgIpc) is 2.36. The molecule has 0 fully saturated rings. The van der Waals surface area contributed by atoms with E-state index in [-0.39, 0.29) is 0 Å². The first-order valence-electron chi connectivity index (χ1n) is 5.56. The Kier molecular flexibility index (Phi) is 4.80. The van der Waals surface area contributed by atoms with Crippen LogP contribution in [0.25, 0.3) is 0 Å². The molecule has 1 atom stereocenters. The lowest BCUT2D eigenvalue weighted by atomic mass is 10.2. The molecule has 0 aliphatic rings. The molecular formula is C12H13F3O4S. The molecule has 0 aliphatic heterocycles. The quantitative estimate of drug-likeness (QED) is 0.801. The number of carbonyl (C=O) groups is 1. The van der Waals surface area contributed by atoms with Gasteiger partial charge in [-0.1, -0.05) is 19.1 Å². The second-order valence-corrected chi connectivity index (χ2v) is 6.20. The Labute approximate surface area is 114 Å². The van der Waals surface area contributed by atoms with Crippen LogP contribution < -0.4 is 0 Å². The van der Waals surface area contributed by atoms with Crippen molar-refractivity contribution < 1.29 is 31.1 Å². The fourth-order valence-corrected chi connectivity index (χ4v) is 3.44. The van der Waals surface area contributed by atoms with Crippen molar-refractivity contribution >= 4 is 15.8 Å². The van der Waals surface area contributed by atoms with Gasteiger partial charge in [-0.2, -0.15) is 13.2 Å². The van der Waals surface area contributed by atoms with Crippen molar-refractivity contribution in [1.29, 1.82) is 0 Å². The number of hydrogen-bond donors (Lipinski definition) is 0. The number of rotatable bonds is 4. The molecule has 0 heterocycles. The molecule has 1 rings (SSSR count). The van der Waals surface area contributed by atoms with E-state index in [0.717, 1.165) is 19.2 Å². The summed E-state index contributed by atoms with van der Waals surface area (Å²) in [5.74, 6) is -2.59. The first-order chi connectivity index (χ1) is 9.09. The van der Waals surface area contributed by atoms with Crippen LogP contribution >= 0.6 is 0 Å². The van der Waals surface area contributed by atoms with Crippen LogP contribution in [0.15, 0.2) is 29.2 Å². The number of benzene rings is 1. The van der Waals surface area contributed by atoms with Gasteiger partial charge in [0, 0.05) is 0 Å². The van der Waals surface area contributed by atoms with Gasteiger partial charge in [-0.25, -0.2) is 8.42 Å². The second-order valence-electron chi connectivity index (χ2n) is 4.20. The first-order valence-corrected chi connectivity index (χ1v) is 7.21. The van der Waals surface area contributed by atoms with Crippen LogP contribution in [0.5, 0.6) is 0 Å². The molecular weight excluding hydrogens is 297 g/mol. The molecule has 0 N–H and O–H groups in total. The van der Waals surface area contributed by atoms with E-state index in [1.165, 1.54) is 13.0 Å². The van der Waals surface area contributed by atoms with Gasteiger partial charge in [0.2, 0.25) is 0 Å². The number of alkyl halides is 3. The molecule has 8 heteroatoms. The molecule has 1 aromatic carbocycles. The lowest BCUT2D eigenvalue weighted by molar-refractivity contribution is -0.144. The van der Waals surface area contributed by atoms with Crippen LogP contribution in [-0.2, 0) is 25.5 Å². The average molecular weight is 310 g/mol. The van der Waals surface area contributed by atoms with Gasteiger partial charge in [0.05, 0.1) is 29.2 Å². The molecule has 0 aromatic heterocycles. The van der Waals surface area contributed by atoms with Crippen molar-refractivity contribution in [2.45, 2.75) is 18.0 Å². The second kappa shape index (κ2) is 5.82. The summed E-state index contributed by atoms with van der Waals surface area (Å²) >= 11 is 0. The molecule has 0 saturated carbocycles. The van der Waals surface area contributed by atoms with E-state index in [1.807, 2.05) is 0 Å². The SMILES string of the molecule is COC(=O)C(C)CS(=O)(=O)c1ccccc1C(F)(F)F. The van der Waals surface area contributed by atoms with E-state index in [9.17, 15) is 26.4 Å². The Morgan fingerprint density at radius 1 is 1.30 bits per heavy atom. The molecule has 0 saturated heterocycles. The fraction of sp³-hybridized carbons (Fsp3) is 0.417. The molecule has 0 bridgehead atoms. The molecule has 0 amide bonds. The maximum absolute atomic E-state index is 12.8. The largest absolute Gasteiger partial charge is 0.469 e. The summed E-state index contributed by atoms with van der Waals surface area (Å²) in [5, 5.41) is 0. The maximum Gasteiger partial charge on any atom is 0.417 e. The lowest BCUT2D eigenvalue weighted by Crippen LogP contribution is -2.24. The van der Waals surface area contributed by atoms with Gasteiger partial charge in [0.1, 0.15) is 0 Å². The number of carbonyl (C=O) groups excluding carboxylic acids is 1. The van der Waals surface area contributed by atoms with Gasteiger partial charge >= 0.3 is 12.1 Å². The van der Waals surface area contributed by atoms with Gasteiger partial charge in [0.15, 0.2) is 9.84 Å². The van der Waals surface area contributed by atoms with Crippen LogP contribution in [0.1, 0.15) is 12.5 Å². The maximum atomic E-state index is 12.8. The summed E-state index contributed by atoms with van der Waals surface area (Å²) in [6, 6.07) is 3.87. The zero-order valence-electron chi connectivity index (χ0n) is 10.8. The van der Waals surface area contributed by atoms with Gasteiger partial charge in [-0.3, -0.25) is 4.79 Å². The van der Waals surface area contributed by atoms with Crippen molar-refractivity contribution in [1.82, 2.24) is 0 Å². The summed E-state index contributed by atoms with van der Waals surface area (Å²) in [6.45, 7) is 1.28. The predicted octanol–water partition coefficient (Wildman–Crippen LogP) is 2.29. The molecule has 4 nitrogen and oxygen atoms in total. The van der Waals surface area contributed by atoms with Crippen molar-refractivity contribution in [3.05, 3.63) is 29.8 Å². The van der Waals surface area contributed by atoms with Crippen LogP contribution in [0.2, 0.25) is 0 Å². The molecule has 1 aromatic rings. The van der Waals surface area contributed by atoms with Crippen molar-refractivity contribution in [2.75, 3.05) is 12.9 Å². The van der Waals surface area contributed by atoms with E-state index in [2.05, 4.69) is 4.74 Å². The van der Waals surface area contributed by atoms with Crippen molar-refractivity contribution in [3.8, 4) is 0 Å². The molecule has 20 heavy (non-hydrogen) atoms. The predicted molar refractivity (Wildman–Crippen MR) is 64.7 cm³/mol. The van der Waals surface area contributed by atoms with Gasteiger partial charge in [0.25, 0.3) is 0 Å². The summed E-state index contributed by atoms with van der Waals surface area (Å²) in [5.41, 5.74) is -1.24. The minimum atomic E-state index is -4.78. The van der Waals surface area contributed by atoms with Gasteiger partial charge in [-0.05, 0) is 12.1 Å². The lowest BCUT2D eigenvalue weighted by Gasteiger charge is -2.14. The highest BCUT2D eigenvalue weighted by Crippen LogP contribution is 2.34. The zero-order valence-corrected chi connectivity index (χ0v) is 11.6. The van der Waals surface area contributed by atoms with Crippen molar-refractivity contribution in [2.24, 2.45) is 5.92 Å². The third kappa shape index (κ3) is 3.72. The number of sulfone groups is 1. The minimum Gasteiger partial charge on any atom is -0.469 e. The Morgan fingerprint density at radius 3 is 2.35 bits per heavy atom. The third-order valence-electron chi connectivity index (χ3n) is 2.60. The Hall–Kier alpha value is -1.57. The highest BCUT2D eigenvalue weighted by atomic mass is 32.2. The van der Waals surface area contributed by atoms with Crippen LogP contribution in [0.4, 0.5) is 13.2 Å². The Balaban J connectivity index is 3.21. The number of hydrogen-bond acceptors (Lipinski definition) is 4. The minimum absolute atomic E-state index is 0.690. The fourth-order valence-electron chi connectivity index (χ4n) is 1.66. The van der Waals surface area contributed by atoms with E-state index >= 15 is 0 Å². The van der Waals surface area contributed by atoms with Crippen molar-refractivity contribution in [3.63, 3.8) is 0 Å². The molecule has 1 unspecified atom stereocenters. The van der Waals surface area contributed by atoms with Gasteiger partial charge < -0.3 is 4.74 Å². The first kappa shape index (κ1) is 16.5. The summed E-state index contributed by atoms with van der Waals surface area (Å²) < 4.78 is 66.8. The van der Waals surface area contributed by atoms with E-state index in [0.29, 0.717) is 6.07 Å². The van der Waals surface area contributed by atoms with Crippen LogP contribution in [0, 0.1) is 5.92 Å². The number of ether oxygens (including phenoxy) is 1. The Morgan fingerprint density at radius 2 is 1.85 bits per heavy atom. The Bertz CT molecular complexity index is 593. The molecule has 0 radical (unpaired) electrons. The molecule has 0 aliphatic carbocycles. The van der Waals surface area contributed by atoms with E-state index in [4.69, 9.17) is 0 Å². The monoisotopic (exact) mass is 310 g/mol. The summed E-state index contributed by atoms with van der Waals surface area (Å²) in [7, 11) is -3.17. The van der Waals surface area contributed by atoms with Crippen LogP contribution in [0.3, 0.4) is 0 Å². The normalized spacial score (nSPS) is 13.8. The van der Waals surface area contributed by atoms with Crippen LogP contribution in [-0.4, -0.2) is 27.2 Å². The zero-order chi connectivity index (χ0) is 15.6. The summed E-state index contributed by atoms with van der Waals surface area (Å²) in [4.78, 5) is 10.4.